The third-order valence-corrected chi connectivity index (χ3v) is 6.71. The van der Waals surface area contributed by atoms with E-state index in [0.29, 0.717) is 0 Å². The predicted molar refractivity (Wildman–Crippen MR) is 113 cm³/mol. The summed E-state index contributed by atoms with van der Waals surface area (Å²) in [6.45, 7) is 2.16. The van der Waals surface area contributed by atoms with Crippen molar-refractivity contribution in [3.8, 4) is 0 Å². The molecule has 0 bridgehead atoms. The van der Waals surface area contributed by atoms with Gasteiger partial charge in [-0.15, -0.1) is 0 Å². The van der Waals surface area contributed by atoms with E-state index < -0.39 is 69.1 Å². The molecule has 1 aromatic carbocycles. The molecular weight excluding hydrogens is 462 g/mol. The molecule has 1 saturated heterocycles. The lowest BCUT2D eigenvalue weighted by Gasteiger charge is -2.21. The minimum absolute atomic E-state index is 0.140. The van der Waals surface area contributed by atoms with Crippen molar-refractivity contribution < 1.29 is 32.5 Å². The number of aromatic nitrogens is 2. The summed E-state index contributed by atoms with van der Waals surface area (Å²) < 4.78 is 36.9. The number of aromatic amines is 1. The summed E-state index contributed by atoms with van der Waals surface area (Å²) in [6.07, 6.45) is -4.86. The van der Waals surface area contributed by atoms with E-state index in [1.54, 1.807) is 0 Å². The van der Waals surface area contributed by atoms with E-state index in [4.69, 9.17) is 8.92 Å². The molecule has 0 spiro atoms. The number of nitrogens with one attached hydrogen (secondary N) is 1. The minimum Gasteiger partial charge on any atom is -0.394 e. The molecular formula is C19H23N3O10S. The molecule has 180 valence electrons. The Labute approximate surface area is 187 Å². The molecule has 33 heavy (non-hydrogen) atoms. The van der Waals surface area contributed by atoms with E-state index in [2.05, 4.69) is 0 Å². The van der Waals surface area contributed by atoms with Gasteiger partial charge in [0.2, 0.25) is 0 Å². The first-order valence-electron chi connectivity index (χ1n) is 9.86. The molecule has 1 fully saturated rings. The third kappa shape index (κ3) is 5.20. The van der Waals surface area contributed by atoms with E-state index in [0.717, 1.165) is 10.8 Å². The molecule has 14 heteroatoms. The molecule has 5 atom stereocenters. The average molecular weight is 485 g/mol. The van der Waals surface area contributed by atoms with Crippen LogP contribution in [0.3, 0.4) is 0 Å². The smallest absolute Gasteiger partial charge is 0.330 e. The van der Waals surface area contributed by atoms with Gasteiger partial charge in [0.15, 0.2) is 6.23 Å². The molecule has 1 aromatic heterocycles. The van der Waals surface area contributed by atoms with Crippen molar-refractivity contribution in [2.45, 2.75) is 44.3 Å². The third-order valence-electron chi connectivity index (χ3n) is 5.29. The summed E-state index contributed by atoms with van der Waals surface area (Å²) in [5, 5.41) is 31.5. The van der Waals surface area contributed by atoms with E-state index in [1.807, 2.05) is 4.98 Å². The fourth-order valence-corrected chi connectivity index (χ4v) is 5.11. The van der Waals surface area contributed by atoms with Gasteiger partial charge in [-0.05, 0) is 6.92 Å². The van der Waals surface area contributed by atoms with Gasteiger partial charge in [-0.25, -0.2) is 4.79 Å². The van der Waals surface area contributed by atoms with Crippen molar-refractivity contribution in [1.82, 2.24) is 9.55 Å². The zero-order valence-electron chi connectivity index (χ0n) is 17.7. The lowest BCUT2D eigenvalue weighted by Crippen LogP contribution is -2.41. The molecule has 0 radical (unpaired) electrons. The molecule has 0 saturated carbocycles. The quantitative estimate of drug-likeness (QED) is 0.250. The SMILES string of the molecule is Cc1cn([C@@H]2O[C@H](CO)C(OS(=O)(=O)CC(C)c3ccccc3[N+](=O)[O-])C2O)c(=O)[nH]c1=O. The summed E-state index contributed by atoms with van der Waals surface area (Å²) in [4.78, 5) is 36.4. The highest BCUT2D eigenvalue weighted by Gasteiger charge is 2.48. The maximum Gasteiger partial charge on any atom is 0.330 e. The van der Waals surface area contributed by atoms with Crippen molar-refractivity contribution in [2.24, 2.45) is 0 Å². The monoisotopic (exact) mass is 485 g/mol. The number of ether oxygens (including phenoxy) is 1. The Hall–Kier alpha value is -2.91. The Balaban J connectivity index is 1.83. The molecule has 1 aliphatic heterocycles. The predicted octanol–water partition coefficient (Wildman–Crippen LogP) is -0.477. The van der Waals surface area contributed by atoms with E-state index in [1.165, 1.54) is 38.1 Å². The van der Waals surface area contributed by atoms with Gasteiger partial charge in [0, 0.05) is 29.3 Å². The summed E-state index contributed by atoms with van der Waals surface area (Å²) in [5.74, 6) is -1.48. The summed E-state index contributed by atoms with van der Waals surface area (Å²) in [6, 6.07) is 5.68. The summed E-state index contributed by atoms with van der Waals surface area (Å²) >= 11 is 0. The standard InChI is InChI=1S/C19H23N3O10S/c1-10-7-21(19(26)20-17(10)25)18-15(24)16(14(8-23)31-18)32-33(29,30)9-11(2)12-5-3-4-6-13(12)22(27)28/h3-7,11,14-16,18,23-24H,8-9H2,1-2H3,(H,20,25,26)/t11?,14-,15?,16?,18-/m1/s1. The molecule has 3 rings (SSSR count). The van der Waals surface area contributed by atoms with Crippen LogP contribution in [-0.2, 0) is 19.0 Å². The number of nitrogens with zero attached hydrogens (tertiary/aromatic N) is 2. The van der Waals surface area contributed by atoms with Crippen molar-refractivity contribution in [3.05, 3.63) is 72.5 Å². The van der Waals surface area contributed by atoms with Gasteiger partial charge in [0.05, 0.1) is 17.3 Å². The van der Waals surface area contributed by atoms with E-state index >= 15 is 0 Å². The lowest BCUT2D eigenvalue weighted by atomic mass is 10.0. The molecule has 13 nitrogen and oxygen atoms in total. The van der Waals surface area contributed by atoms with Crippen LogP contribution in [0, 0.1) is 17.0 Å². The summed E-state index contributed by atoms with van der Waals surface area (Å²) in [7, 11) is -4.38. The van der Waals surface area contributed by atoms with Crippen molar-refractivity contribution in [2.75, 3.05) is 12.4 Å². The van der Waals surface area contributed by atoms with Gasteiger partial charge >= 0.3 is 5.69 Å². The first-order chi connectivity index (χ1) is 15.4. The van der Waals surface area contributed by atoms with Crippen molar-refractivity contribution in [3.63, 3.8) is 0 Å². The highest BCUT2D eigenvalue weighted by atomic mass is 32.2. The number of rotatable bonds is 8. The number of para-hydroxylation sites is 1. The van der Waals surface area contributed by atoms with Gasteiger partial charge in [-0.2, -0.15) is 8.42 Å². The van der Waals surface area contributed by atoms with Crippen molar-refractivity contribution >= 4 is 15.8 Å². The number of nitro groups is 1. The molecule has 2 aromatic rings. The first-order valence-corrected chi connectivity index (χ1v) is 11.4. The molecule has 3 N–H and O–H groups in total. The second-order valence-corrected chi connectivity index (χ2v) is 9.36. The Morgan fingerprint density at radius 1 is 1.33 bits per heavy atom. The number of H-pyrrole nitrogens is 1. The molecule has 1 aliphatic rings. The number of benzene rings is 1. The number of aliphatic hydroxyl groups excluding tert-OH is 2. The van der Waals surface area contributed by atoms with Gasteiger partial charge in [0.25, 0.3) is 21.4 Å². The van der Waals surface area contributed by atoms with Crippen LogP contribution in [0.25, 0.3) is 0 Å². The number of hydrogen-bond donors (Lipinski definition) is 3. The number of aryl methyl sites for hydroxylation is 1. The van der Waals surface area contributed by atoms with Crippen LogP contribution in [0.5, 0.6) is 0 Å². The highest BCUT2D eigenvalue weighted by molar-refractivity contribution is 7.86. The van der Waals surface area contributed by atoms with Crippen LogP contribution in [0.2, 0.25) is 0 Å². The Morgan fingerprint density at radius 2 is 2.00 bits per heavy atom. The molecule has 2 heterocycles. The van der Waals surface area contributed by atoms with Gasteiger partial charge in [0.1, 0.15) is 18.3 Å². The van der Waals surface area contributed by atoms with Gasteiger partial charge in [-0.1, -0.05) is 25.1 Å². The zero-order chi connectivity index (χ0) is 24.5. The first kappa shape index (κ1) is 24.7. The van der Waals surface area contributed by atoms with E-state index in [9.17, 15) is 38.3 Å². The second kappa shape index (κ2) is 9.52. The average Bonchev–Trinajstić information content (AvgIpc) is 3.05. The molecule has 0 amide bonds. The molecule has 0 aliphatic carbocycles. The number of aliphatic hydroxyl groups is 2. The lowest BCUT2D eigenvalue weighted by molar-refractivity contribution is -0.385. The zero-order valence-corrected chi connectivity index (χ0v) is 18.5. The Morgan fingerprint density at radius 3 is 2.64 bits per heavy atom. The van der Waals surface area contributed by atoms with Crippen LogP contribution >= 0.6 is 0 Å². The minimum atomic E-state index is -4.38. The second-order valence-electron chi connectivity index (χ2n) is 7.72. The van der Waals surface area contributed by atoms with Gasteiger partial charge in [-0.3, -0.25) is 28.6 Å². The van der Waals surface area contributed by atoms with Crippen LogP contribution in [0.15, 0.2) is 40.1 Å². The summed E-state index contributed by atoms with van der Waals surface area (Å²) in [5.41, 5.74) is -1.46. The highest BCUT2D eigenvalue weighted by Crippen LogP contribution is 2.33. The maximum atomic E-state index is 12.7. The fourth-order valence-electron chi connectivity index (χ4n) is 3.67. The van der Waals surface area contributed by atoms with Crippen LogP contribution in [-0.4, -0.2) is 63.8 Å². The Kier molecular flexibility index (Phi) is 7.14. The number of nitro benzene ring substituents is 1. The largest absolute Gasteiger partial charge is 0.394 e. The van der Waals surface area contributed by atoms with Crippen molar-refractivity contribution in [1.29, 1.82) is 0 Å². The normalized spacial score (nSPS) is 24.0. The van der Waals surface area contributed by atoms with Crippen LogP contribution in [0.4, 0.5) is 5.69 Å². The molecule has 3 unspecified atom stereocenters. The maximum absolute atomic E-state index is 12.7. The number of hydrogen-bond acceptors (Lipinski definition) is 10. The Bertz CT molecular complexity index is 1250. The van der Waals surface area contributed by atoms with E-state index in [-0.39, 0.29) is 16.8 Å². The van der Waals surface area contributed by atoms with Crippen LogP contribution < -0.4 is 11.2 Å². The topological polar surface area (TPSA) is 191 Å². The van der Waals surface area contributed by atoms with Crippen LogP contribution in [0.1, 0.15) is 30.2 Å². The fraction of sp³-hybridized carbons (Fsp3) is 0.474. The van der Waals surface area contributed by atoms with Gasteiger partial charge < -0.3 is 14.9 Å².